The molecular weight excluding hydrogens is 697 g/mol. The summed E-state index contributed by atoms with van der Waals surface area (Å²) in [5.74, 6) is 0.174. The normalized spacial score (nSPS) is 20.0. The lowest BCUT2D eigenvalue weighted by atomic mass is 9.90. The molecule has 5 heterocycles. The molecule has 2 saturated heterocycles. The summed E-state index contributed by atoms with van der Waals surface area (Å²) in [6.07, 6.45) is 6.07. The Labute approximate surface area is 318 Å². The summed E-state index contributed by atoms with van der Waals surface area (Å²) < 4.78 is 3.24. The summed E-state index contributed by atoms with van der Waals surface area (Å²) in [7, 11) is 0. The molecule has 14 nitrogen and oxygen atoms in total. The SMILES string of the molecule is C=CCn1c(=O)c2cnc(Nc3ccc(N4CCN(CCNc5ccc(C6CCC(=O)NC6=O)cc5)CC4)cc3)nc2n1-c1ccc2c(n1)[C@@](O)(CC)CC2. The smallest absolute Gasteiger partial charge is 0.278 e. The zero-order valence-electron chi connectivity index (χ0n) is 31.0. The van der Waals surface area contributed by atoms with Crippen LogP contribution in [0.15, 0.2) is 84.3 Å². The van der Waals surface area contributed by atoms with Gasteiger partial charge in [-0.05, 0) is 79.3 Å². The first-order valence-corrected chi connectivity index (χ1v) is 19.1. The molecule has 0 radical (unpaired) electrons. The highest BCUT2D eigenvalue weighted by molar-refractivity contribution is 6.01. The van der Waals surface area contributed by atoms with Gasteiger partial charge >= 0.3 is 0 Å². The van der Waals surface area contributed by atoms with E-state index in [1.165, 1.54) is 0 Å². The van der Waals surface area contributed by atoms with Gasteiger partial charge in [0.25, 0.3) is 5.56 Å². The van der Waals surface area contributed by atoms with Gasteiger partial charge in [0.1, 0.15) is 11.0 Å². The number of benzene rings is 2. The van der Waals surface area contributed by atoms with Gasteiger partial charge in [-0.15, -0.1) is 6.58 Å². The van der Waals surface area contributed by atoms with Crippen LogP contribution in [0.3, 0.4) is 0 Å². The number of nitrogens with one attached hydrogen (secondary N) is 3. The molecule has 284 valence electrons. The molecule has 2 atom stereocenters. The van der Waals surface area contributed by atoms with Crippen LogP contribution in [0.4, 0.5) is 23.0 Å². The lowest BCUT2D eigenvalue weighted by Crippen LogP contribution is -2.47. The average molecular weight is 743 g/mol. The van der Waals surface area contributed by atoms with Crippen molar-refractivity contribution in [2.45, 2.75) is 57.1 Å². The zero-order chi connectivity index (χ0) is 38.1. The third-order valence-corrected chi connectivity index (χ3v) is 11.2. The van der Waals surface area contributed by atoms with Crippen LogP contribution in [0, 0.1) is 0 Å². The Morgan fingerprint density at radius 2 is 1.73 bits per heavy atom. The van der Waals surface area contributed by atoms with Gasteiger partial charge in [0.2, 0.25) is 17.8 Å². The number of anilines is 4. The summed E-state index contributed by atoms with van der Waals surface area (Å²) in [4.78, 5) is 56.1. The number of carbonyl (C=O) groups excluding carboxylic acids is 2. The number of hydrogen-bond donors (Lipinski definition) is 4. The predicted molar refractivity (Wildman–Crippen MR) is 212 cm³/mol. The maximum absolute atomic E-state index is 13.5. The standard InChI is InChI=1S/C41H46N10O4/c1-3-20-50-39(54)33-26-43-40(47-37(33)51(50)34-15-7-28-17-18-41(55,4-2)36(28)45-34)44-30-10-12-31(13-11-30)49-24-22-48(23-25-49)21-19-42-29-8-5-27(6-9-29)32-14-16-35(52)46-38(32)53/h3,5-13,15,26,32,42,55H,1,4,14,16-25H2,2H3,(H,43,44,47)(H,46,52,53)/t32?,41-/m1/s1. The molecule has 1 unspecified atom stereocenters. The molecule has 0 bridgehead atoms. The molecule has 8 rings (SSSR count). The highest BCUT2D eigenvalue weighted by Crippen LogP contribution is 2.38. The lowest BCUT2D eigenvalue weighted by Gasteiger charge is -2.36. The molecule has 14 heteroatoms. The van der Waals surface area contributed by atoms with E-state index >= 15 is 0 Å². The van der Waals surface area contributed by atoms with Crippen LogP contribution in [0.2, 0.25) is 0 Å². The Morgan fingerprint density at radius 1 is 0.964 bits per heavy atom. The first-order valence-electron chi connectivity index (χ1n) is 19.1. The number of piperazine rings is 1. The van der Waals surface area contributed by atoms with E-state index in [0.717, 1.165) is 73.9 Å². The minimum atomic E-state index is -0.991. The van der Waals surface area contributed by atoms with Gasteiger partial charge in [-0.2, -0.15) is 4.98 Å². The lowest BCUT2D eigenvalue weighted by molar-refractivity contribution is -0.134. The van der Waals surface area contributed by atoms with Gasteiger partial charge in [0, 0.05) is 68.9 Å². The number of nitrogens with zero attached hydrogens (tertiary/aromatic N) is 7. The molecule has 0 saturated carbocycles. The Kier molecular flexibility index (Phi) is 9.93. The second kappa shape index (κ2) is 15.1. The minimum absolute atomic E-state index is 0.198. The molecule has 2 amide bonds. The van der Waals surface area contributed by atoms with Crippen molar-refractivity contribution in [3.05, 3.63) is 107 Å². The summed E-state index contributed by atoms with van der Waals surface area (Å²) >= 11 is 0. The van der Waals surface area contributed by atoms with E-state index in [4.69, 9.17) is 9.97 Å². The van der Waals surface area contributed by atoms with Crippen molar-refractivity contribution in [1.82, 2.24) is 34.5 Å². The molecule has 3 aromatic heterocycles. The van der Waals surface area contributed by atoms with Crippen molar-refractivity contribution in [3.63, 3.8) is 0 Å². The van der Waals surface area contributed by atoms with Crippen LogP contribution in [-0.2, 0) is 28.2 Å². The van der Waals surface area contributed by atoms with E-state index in [1.807, 2.05) is 55.5 Å². The second-order valence-corrected chi connectivity index (χ2v) is 14.5. The highest BCUT2D eigenvalue weighted by atomic mass is 16.3. The fourth-order valence-electron chi connectivity index (χ4n) is 7.93. The number of pyridine rings is 1. The topological polar surface area (TPSA) is 163 Å². The van der Waals surface area contributed by atoms with Crippen molar-refractivity contribution in [3.8, 4) is 5.82 Å². The molecule has 0 spiro atoms. The van der Waals surface area contributed by atoms with Crippen molar-refractivity contribution in [2.24, 2.45) is 0 Å². The third-order valence-electron chi connectivity index (χ3n) is 11.2. The van der Waals surface area contributed by atoms with E-state index in [1.54, 1.807) is 21.6 Å². The Balaban J connectivity index is 0.879. The first kappa shape index (κ1) is 36.1. The molecule has 3 aliphatic rings. The number of amides is 2. The molecule has 1 aliphatic carbocycles. The zero-order valence-corrected chi connectivity index (χ0v) is 31.0. The number of carbonyl (C=O) groups is 2. The molecule has 2 fully saturated rings. The number of piperidine rings is 1. The number of imide groups is 1. The first-order chi connectivity index (χ1) is 26.7. The number of hydrogen-bond acceptors (Lipinski definition) is 11. The van der Waals surface area contributed by atoms with Gasteiger partial charge in [-0.25, -0.2) is 19.3 Å². The van der Waals surface area contributed by atoms with Crippen LogP contribution in [0.25, 0.3) is 16.9 Å². The maximum Gasteiger partial charge on any atom is 0.278 e. The molecule has 55 heavy (non-hydrogen) atoms. The van der Waals surface area contributed by atoms with Crippen LogP contribution in [-0.4, -0.2) is 85.4 Å². The molecule has 2 aliphatic heterocycles. The monoisotopic (exact) mass is 742 g/mol. The molecule has 2 aromatic carbocycles. The molecule has 5 aromatic rings. The van der Waals surface area contributed by atoms with Crippen LogP contribution in [0.1, 0.15) is 55.3 Å². The fourth-order valence-corrected chi connectivity index (χ4v) is 7.93. The van der Waals surface area contributed by atoms with E-state index < -0.39 is 5.60 Å². The number of fused-ring (bicyclic) bond motifs is 2. The Morgan fingerprint density at radius 3 is 2.45 bits per heavy atom. The van der Waals surface area contributed by atoms with Crippen molar-refractivity contribution < 1.29 is 14.7 Å². The maximum atomic E-state index is 13.5. The van der Waals surface area contributed by atoms with Gasteiger partial charge < -0.3 is 20.6 Å². The summed E-state index contributed by atoms with van der Waals surface area (Å²) in [6.45, 7) is 11.5. The number of rotatable bonds is 12. The predicted octanol–water partition coefficient (Wildman–Crippen LogP) is 4.20. The quantitative estimate of drug-likeness (QED) is 0.107. The van der Waals surface area contributed by atoms with Crippen molar-refractivity contribution >= 4 is 45.9 Å². The average Bonchev–Trinajstić information content (AvgIpc) is 3.68. The van der Waals surface area contributed by atoms with Crippen LogP contribution in [0.5, 0.6) is 0 Å². The van der Waals surface area contributed by atoms with Crippen LogP contribution < -0.4 is 26.4 Å². The van der Waals surface area contributed by atoms with E-state index in [-0.39, 0.29) is 29.8 Å². The minimum Gasteiger partial charge on any atom is -0.384 e. The Bertz CT molecular complexity index is 2290. The number of aromatic nitrogens is 5. The number of aryl methyl sites for hydroxylation is 1. The number of aliphatic hydroxyl groups is 1. The third kappa shape index (κ3) is 7.22. The Hall–Kier alpha value is -5.86. The van der Waals surface area contributed by atoms with E-state index in [9.17, 15) is 19.5 Å². The fraction of sp³-hybridized carbons (Fsp3) is 0.366. The van der Waals surface area contributed by atoms with Gasteiger partial charge in [-0.1, -0.05) is 31.2 Å². The molecular formula is C41H46N10O4. The summed E-state index contributed by atoms with van der Waals surface area (Å²) in [5, 5.41) is 20.8. The second-order valence-electron chi connectivity index (χ2n) is 14.5. The van der Waals surface area contributed by atoms with Gasteiger partial charge in [0.05, 0.1) is 18.2 Å². The van der Waals surface area contributed by atoms with Gasteiger partial charge in [0.15, 0.2) is 11.5 Å². The van der Waals surface area contributed by atoms with Crippen molar-refractivity contribution in [1.29, 1.82) is 0 Å². The van der Waals surface area contributed by atoms with Gasteiger partial charge in [-0.3, -0.25) is 24.6 Å². The molecule has 4 N–H and O–H groups in total. The summed E-state index contributed by atoms with van der Waals surface area (Å²) in [5.41, 5.74) is 4.77. The summed E-state index contributed by atoms with van der Waals surface area (Å²) in [6, 6.07) is 20.0. The van der Waals surface area contributed by atoms with Crippen LogP contribution >= 0.6 is 0 Å². The van der Waals surface area contributed by atoms with E-state index in [0.29, 0.717) is 54.2 Å². The highest BCUT2D eigenvalue weighted by Gasteiger charge is 2.37. The van der Waals surface area contributed by atoms with E-state index in [2.05, 4.69) is 49.4 Å². The van der Waals surface area contributed by atoms with Crippen molar-refractivity contribution in [2.75, 3.05) is 54.8 Å². The number of allylic oxidation sites excluding steroid dienone is 1. The largest absolute Gasteiger partial charge is 0.384 e.